The molecule has 0 aromatic heterocycles. The third-order valence-electron chi connectivity index (χ3n) is 3.82. The minimum Gasteiger partial charge on any atom is -0.496 e. The number of nitrogens with two attached hydrogens (primary N) is 1. The molecule has 0 unspecified atom stereocenters. The van der Waals surface area contributed by atoms with Crippen LogP contribution in [-0.2, 0) is 6.54 Å². The lowest BCUT2D eigenvalue weighted by atomic mass is 9.81. The normalized spacial score (nSPS) is 21.9. The molecule has 0 aliphatic heterocycles. The molecule has 0 spiro atoms. The van der Waals surface area contributed by atoms with E-state index < -0.39 is 0 Å². The summed E-state index contributed by atoms with van der Waals surface area (Å²) in [6.07, 6.45) is 2.28. The summed E-state index contributed by atoms with van der Waals surface area (Å²) in [4.78, 5) is 0. The molecule has 4 heteroatoms. The van der Waals surface area contributed by atoms with Gasteiger partial charge in [-0.15, -0.1) is 0 Å². The number of hydrogen-bond donors (Lipinski definition) is 2. The Morgan fingerprint density at radius 3 is 2.47 bits per heavy atom. The minimum atomic E-state index is 0.417. The molecular formula is C15H24N2O2. The maximum atomic E-state index is 5.79. The number of rotatable bonds is 6. The number of ether oxygens (including phenoxy) is 2. The Balaban J connectivity index is 1.94. The first kappa shape index (κ1) is 14.2. The molecule has 1 aromatic carbocycles. The lowest BCUT2D eigenvalue weighted by Crippen LogP contribution is -2.41. The molecule has 4 nitrogen and oxygen atoms in total. The van der Waals surface area contributed by atoms with E-state index in [0.29, 0.717) is 6.04 Å². The maximum Gasteiger partial charge on any atom is 0.123 e. The molecule has 1 fully saturated rings. The van der Waals surface area contributed by atoms with Gasteiger partial charge in [0.25, 0.3) is 0 Å². The highest BCUT2D eigenvalue weighted by molar-refractivity contribution is 5.45. The van der Waals surface area contributed by atoms with Gasteiger partial charge >= 0.3 is 0 Å². The fraction of sp³-hybridized carbons (Fsp3) is 0.600. The summed E-state index contributed by atoms with van der Waals surface area (Å²) in [5, 5.41) is 3.48. The Labute approximate surface area is 115 Å². The summed E-state index contributed by atoms with van der Waals surface area (Å²) in [5.74, 6) is 2.55. The third-order valence-corrected chi connectivity index (χ3v) is 3.82. The zero-order chi connectivity index (χ0) is 13.8. The Hall–Kier alpha value is -1.26. The molecule has 0 saturated heterocycles. The summed E-state index contributed by atoms with van der Waals surface area (Å²) in [6.45, 7) is 3.84. The predicted molar refractivity (Wildman–Crippen MR) is 76.7 cm³/mol. The monoisotopic (exact) mass is 264 g/mol. The molecule has 0 bridgehead atoms. The molecule has 0 heterocycles. The van der Waals surface area contributed by atoms with E-state index in [4.69, 9.17) is 15.2 Å². The first-order valence-electron chi connectivity index (χ1n) is 6.81. The van der Waals surface area contributed by atoms with Crippen molar-refractivity contribution in [3.05, 3.63) is 23.3 Å². The summed E-state index contributed by atoms with van der Waals surface area (Å²) < 4.78 is 10.8. The van der Waals surface area contributed by atoms with Gasteiger partial charge in [-0.05, 0) is 49.9 Å². The van der Waals surface area contributed by atoms with Crippen LogP contribution in [0.2, 0.25) is 0 Å². The fourth-order valence-electron chi connectivity index (χ4n) is 2.62. The van der Waals surface area contributed by atoms with Crippen molar-refractivity contribution in [2.75, 3.05) is 20.8 Å². The molecule has 1 aliphatic rings. The van der Waals surface area contributed by atoms with Crippen LogP contribution in [0.3, 0.4) is 0 Å². The van der Waals surface area contributed by atoms with E-state index in [1.54, 1.807) is 14.2 Å². The highest BCUT2D eigenvalue weighted by Gasteiger charge is 2.25. The smallest absolute Gasteiger partial charge is 0.123 e. The zero-order valence-corrected chi connectivity index (χ0v) is 12.0. The highest BCUT2D eigenvalue weighted by atomic mass is 16.5. The van der Waals surface area contributed by atoms with Crippen LogP contribution < -0.4 is 20.5 Å². The molecule has 106 valence electrons. The average molecular weight is 264 g/mol. The van der Waals surface area contributed by atoms with Gasteiger partial charge in [-0.1, -0.05) is 0 Å². The van der Waals surface area contributed by atoms with Crippen molar-refractivity contribution < 1.29 is 9.47 Å². The van der Waals surface area contributed by atoms with Gasteiger partial charge < -0.3 is 20.5 Å². The number of hydrogen-bond acceptors (Lipinski definition) is 4. The van der Waals surface area contributed by atoms with E-state index in [1.807, 2.05) is 19.1 Å². The highest BCUT2D eigenvalue weighted by Crippen LogP contribution is 2.29. The van der Waals surface area contributed by atoms with Gasteiger partial charge in [-0.2, -0.15) is 0 Å². The van der Waals surface area contributed by atoms with Gasteiger partial charge in [0.05, 0.1) is 14.2 Å². The number of aryl methyl sites for hydroxylation is 1. The summed E-state index contributed by atoms with van der Waals surface area (Å²) in [7, 11) is 3.40. The molecule has 19 heavy (non-hydrogen) atoms. The summed E-state index contributed by atoms with van der Waals surface area (Å²) >= 11 is 0. The van der Waals surface area contributed by atoms with Crippen LogP contribution in [0.4, 0.5) is 0 Å². The first-order valence-corrected chi connectivity index (χ1v) is 6.81. The van der Waals surface area contributed by atoms with Crippen molar-refractivity contribution in [1.29, 1.82) is 0 Å². The molecule has 1 saturated carbocycles. The Kier molecular flexibility index (Phi) is 4.66. The van der Waals surface area contributed by atoms with Gasteiger partial charge in [-0.3, -0.25) is 0 Å². The molecule has 3 N–H and O–H groups in total. The molecule has 0 atom stereocenters. The molecule has 0 amide bonds. The molecule has 1 aromatic rings. The lowest BCUT2D eigenvalue weighted by molar-refractivity contribution is 0.255. The molecule has 1 aliphatic carbocycles. The lowest BCUT2D eigenvalue weighted by Gasteiger charge is -2.32. The number of benzene rings is 1. The van der Waals surface area contributed by atoms with Crippen molar-refractivity contribution in [1.82, 2.24) is 5.32 Å². The summed E-state index contributed by atoms with van der Waals surface area (Å²) in [5.41, 5.74) is 8.01. The van der Waals surface area contributed by atoms with Crippen LogP contribution in [0.5, 0.6) is 11.5 Å². The molecule has 2 rings (SSSR count). The van der Waals surface area contributed by atoms with Crippen LogP contribution in [0.15, 0.2) is 12.1 Å². The molecular weight excluding hydrogens is 240 g/mol. The first-order chi connectivity index (χ1) is 9.13. The predicted octanol–water partition coefficient (Wildman–Crippen LogP) is 1.84. The summed E-state index contributed by atoms with van der Waals surface area (Å²) in [6, 6.07) is 4.49. The van der Waals surface area contributed by atoms with Crippen LogP contribution in [0.25, 0.3) is 0 Å². The van der Waals surface area contributed by atoms with Crippen molar-refractivity contribution in [2.45, 2.75) is 32.4 Å². The van der Waals surface area contributed by atoms with Crippen molar-refractivity contribution >= 4 is 0 Å². The number of methoxy groups -OCH3 is 2. The van der Waals surface area contributed by atoms with Gasteiger partial charge in [-0.25, -0.2) is 0 Å². The van der Waals surface area contributed by atoms with Crippen LogP contribution in [0, 0.1) is 12.8 Å². The Bertz CT molecular complexity index is 428. The van der Waals surface area contributed by atoms with E-state index in [-0.39, 0.29) is 0 Å². The van der Waals surface area contributed by atoms with Gasteiger partial charge in [0.2, 0.25) is 0 Å². The second kappa shape index (κ2) is 6.26. The maximum absolute atomic E-state index is 5.79. The zero-order valence-electron chi connectivity index (χ0n) is 12.0. The van der Waals surface area contributed by atoms with Gasteiger partial charge in [0.1, 0.15) is 11.5 Å². The second-order valence-corrected chi connectivity index (χ2v) is 5.36. The van der Waals surface area contributed by atoms with E-state index in [0.717, 1.165) is 54.5 Å². The van der Waals surface area contributed by atoms with Gasteiger partial charge in [0.15, 0.2) is 0 Å². The Morgan fingerprint density at radius 2 is 1.89 bits per heavy atom. The standard InChI is InChI=1S/C15H24N2O2/c1-10-4-15(19-3)12(7-14(10)18-2)9-17-8-11-5-13(16)6-11/h4,7,11,13,17H,5-6,8-9,16H2,1-3H3. The fourth-order valence-corrected chi connectivity index (χ4v) is 2.62. The minimum absolute atomic E-state index is 0.417. The van der Waals surface area contributed by atoms with Crippen LogP contribution in [-0.4, -0.2) is 26.8 Å². The van der Waals surface area contributed by atoms with Crippen LogP contribution >= 0.6 is 0 Å². The average Bonchev–Trinajstić information content (AvgIpc) is 2.37. The third kappa shape index (κ3) is 3.39. The van der Waals surface area contributed by atoms with E-state index in [9.17, 15) is 0 Å². The van der Waals surface area contributed by atoms with E-state index >= 15 is 0 Å². The van der Waals surface area contributed by atoms with Crippen molar-refractivity contribution in [3.8, 4) is 11.5 Å². The largest absolute Gasteiger partial charge is 0.496 e. The quantitative estimate of drug-likeness (QED) is 0.823. The topological polar surface area (TPSA) is 56.5 Å². The van der Waals surface area contributed by atoms with E-state index in [2.05, 4.69) is 5.32 Å². The van der Waals surface area contributed by atoms with Crippen molar-refractivity contribution in [3.63, 3.8) is 0 Å². The number of nitrogens with one attached hydrogen (secondary N) is 1. The van der Waals surface area contributed by atoms with Gasteiger partial charge in [0, 0.05) is 18.2 Å². The SMILES string of the molecule is COc1cc(CNCC2CC(N)C2)c(OC)cc1C. The van der Waals surface area contributed by atoms with Crippen LogP contribution in [0.1, 0.15) is 24.0 Å². The second-order valence-electron chi connectivity index (χ2n) is 5.36. The Morgan fingerprint density at radius 1 is 1.21 bits per heavy atom. The molecule has 0 radical (unpaired) electrons. The van der Waals surface area contributed by atoms with Crippen molar-refractivity contribution in [2.24, 2.45) is 11.7 Å². The van der Waals surface area contributed by atoms with E-state index in [1.165, 1.54) is 0 Å².